The fraction of sp³-hybridized carbons (Fsp3) is 0.211. The first kappa shape index (κ1) is 17.8. The van der Waals surface area contributed by atoms with Crippen molar-refractivity contribution in [1.29, 1.82) is 0 Å². The highest BCUT2D eigenvalue weighted by Gasteiger charge is 2.16. The molecular weight excluding hydrogens is 380 g/mol. The molecule has 0 N–H and O–H groups in total. The molecular formula is C19H18N4O2S2. The predicted octanol–water partition coefficient (Wildman–Crippen LogP) is 4.81. The monoisotopic (exact) mass is 398 g/mol. The maximum absolute atomic E-state index is 5.43. The van der Waals surface area contributed by atoms with Crippen molar-refractivity contribution in [2.24, 2.45) is 7.05 Å². The van der Waals surface area contributed by atoms with Gasteiger partial charge >= 0.3 is 0 Å². The van der Waals surface area contributed by atoms with Gasteiger partial charge in [-0.3, -0.25) is 0 Å². The fourth-order valence-corrected chi connectivity index (χ4v) is 4.51. The molecule has 8 heteroatoms. The van der Waals surface area contributed by atoms with E-state index in [1.807, 2.05) is 48.9 Å². The Hall–Kier alpha value is -2.58. The van der Waals surface area contributed by atoms with Crippen LogP contribution in [-0.4, -0.2) is 26.9 Å². The summed E-state index contributed by atoms with van der Waals surface area (Å²) in [4.78, 5) is 4.75. The zero-order valence-electron chi connectivity index (χ0n) is 15.2. The van der Waals surface area contributed by atoms with Crippen molar-refractivity contribution in [2.75, 3.05) is 7.11 Å². The molecule has 3 aromatic heterocycles. The van der Waals surface area contributed by atoms with Crippen LogP contribution in [-0.2, 0) is 12.8 Å². The third kappa shape index (κ3) is 3.50. The van der Waals surface area contributed by atoms with Gasteiger partial charge in [0.1, 0.15) is 16.5 Å². The number of thioether (sulfide) groups is 1. The van der Waals surface area contributed by atoms with Crippen molar-refractivity contribution in [2.45, 2.75) is 17.8 Å². The van der Waals surface area contributed by atoms with Gasteiger partial charge in [-0.05, 0) is 25.1 Å². The smallest absolute Gasteiger partial charge is 0.191 e. The molecule has 0 bridgehead atoms. The van der Waals surface area contributed by atoms with E-state index in [0.29, 0.717) is 0 Å². The summed E-state index contributed by atoms with van der Waals surface area (Å²) in [6.07, 6.45) is 1.67. The van der Waals surface area contributed by atoms with Crippen LogP contribution in [0.5, 0.6) is 5.75 Å². The van der Waals surface area contributed by atoms with E-state index in [4.69, 9.17) is 14.1 Å². The van der Waals surface area contributed by atoms with Crippen LogP contribution in [0.3, 0.4) is 0 Å². The van der Waals surface area contributed by atoms with E-state index in [1.54, 1.807) is 36.5 Å². The molecule has 0 aliphatic rings. The van der Waals surface area contributed by atoms with Gasteiger partial charge in [0.15, 0.2) is 11.0 Å². The van der Waals surface area contributed by atoms with Gasteiger partial charge in [-0.25, -0.2) is 4.98 Å². The van der Waals surface area contributed by atoms with E-state index in [9.17, 15) is 0 Å². The third-order valence-corrected chi connectivity index (χ3v) is 6.15. The lowest BCUT2D eigenvalue weighted by Crippen LogP contribution is -1.95. The van der Waals surface area contributed by atoms with Gasteiger partial charge < -0.3 is 13.7 Å². The van der Waals surface area contributed by atoms with Crippen molar-refractivity contribution in [3.63, 3.8) is 0 Å². The van der Waals surface area contributed by atoms with Crippen molar-refractivity contribution in [3.05, 3.63) is 53.4 Å². The molecule has 0 spiro atoms. The highest BCUT2D eigenvalue weighted by atomic mass is 32.2. The zero-order valence-corrected chi connectivity index (χ0v) is 16.8. The minimum Gasteiger partial charge on any atom is -0.496 e. The van der Waals surface area contributed by atoms with Crippen molar-refractivity contribution in [1.82, 2.24) is 19.7 Å². The number of hydrogen-bond donors (Lipinski definition) is 0. The summed E-state index contributed by atoms with van der Waals surface area (Å²) in [5, 5.41) is 12.5. The van der Waals surface area contributed by atoms with Crippen molar-refractivity contribution in [3.8, 4) is 27.7 Å². The number of aromatic nitrogens is 4. The van der Waals surface area contributed by atoms with Crippen molar-refractivity contribution < 1.29 is 9.15 Å². The number of ether oxygens (including phenoxy) is 1. The van der Waals surface area contributed by atoms with Crippen LogP contribution in [0, 0.1) is 6.92 Å². The highest BCUT2D eigenvalue weighted by Crippen LogP contribution is 2.33. The normalized spacial score (nSPS) is 11.1. The number of thiazole rings is 1. The number of benzene rings is 1. The van der Waals surface area contributed by atoms with Gasteiger partial charge in [-0.15, -0.1) is 21.5 Å². The highest BCUT2D eigenvalue weighted by molar-refractivity contribution is 7.98. The number of nitrogens with zero attached hydrogens (tertiary/aromatic N) is 4. The lowest BCUT2D eigenvalue weighted by Gasteiger charge is -2.04. The first-order chi connectivity index (χ1) is 13.2. The summed E-state index contributed by atoms with van der Waals surface area (Å²) in [6.45, 7) is 1.92. The quantitative estimate of drug-likeness (QED) is 0.434. The molecule has 27 heavy (non-hydrogen) atoms. The number of hydrogen-bond acceptors (Lipinski definition) is 7. The maximum Gasteiger partial charge on any atom is 0.191 e. The fourth-order valence-electron chi connectivity index (χ4n) is 2.75. The summed E-state index contributed by atoms with van der Waals surface area (Å²) in [7, 11) is 3.64. The molecule has 0 aliphatic heterocycles. The van der Waals surface area contributed by atoms with Crippen LogP contribution in [0.4, 0.5) is 0 Å². The topological polar surface area (TPSA) is 66.0 Å². The Labute approximate surface area is 165 Å². The lowest BCUT2D eigenvalue weighted by atomic mass is 10.2. The average molecular weight is 399 g/mol. The largest absolute Gasteiger partial charge is 0.496 e. The molecule has 0 radical (unpaired) electrons. The van der Waals surface area contributed by atoms with Gasteiger partial charge in [-0.1, -0.05) is 23.9 Å². The first-order valence-electron chi connectivity index (χ1n) is 8.32. The van der Waals surface area contributed by atoms with Gasteiger partial charge in [0.05, 0.1) is 30.2 Å². The van der Waals surface area contributed by atoms with Gasteiger partial charge in [0.25, 0.3) is 0 Å². The van der Waals surface area contributed by atoms with E-state index >= 15 is 0 Å². The number of aryl methyl sites for hydroxylation is 1. The van der Waals surface area contributed by atoms with Gasteiger partial charge in [0.2, 0.25) is 0 Å². The Morgan fingerprint density at radius 3 is 2.81 bits per heavy atom. The van der Waals surface area contributed by atoms with Crippen LogP contribution in [0.1, 0.15) is 11.5 Å². The molecule has 3 heterocycles. The molecule has 0 saturated heterocycles. The number of furan rings is 1. The van der Waals surface area contributed by atoms with E-state index in [2.05, 4.69) is 15.6 Å². The molecule has 0 aliphatic carbocycles. The molecule has 0 atom stereocenters. The van der Waals surface area contributed by atoms with Crippen LogP contribution in [0.15, 0.2) is 51.5 Å². The standard InChI is InChI=1S/C19H18N4O2S2/c1-12-14(8-9-25-12)17-21-22-19(23(17)2)27-11-13-10-26-18(20-13)15-6-4-5-7-16(15)24-3/h4-10H,11H2,1-3H3. The Bertz CT molecular complexity index is 1070. The average Bonchev–Trinajstić information content (AvgIpc) is 3.40. The minimum absolute atomic E-state index is 0.724. The van der Waals surface area contributed by atoms with Crippen LogP contribution >= 0.6 is 23.1 Å². The van der Waals surface area contributed by atoms with Gasteiger partial charge in [0, 0.05) is 18.2 Å². The summed E-state index contributed by atoms with van der Waals surface area (Å²) in [6, 6.07) is 9.83. The summed E-state index contributed by atoms with van der Waals surface area (Å²) in [5.41, 5.74) is 2.98. The van der Waals surface area contributed by atoms with Crippen LogP contribution in [0.2, 0.25) is 0 Å². The molecule has 0 fully saturated rings. The van der Waals surface area contributed by atoms with E-state index < -0.39 is 0 Å². The summed E-state index contributed by atoms with van der Waals surface area (Å²) < 4.78 is 12.8. The molecule has 138 valence electrons. The molecule has 6 nitrogen and oxygen atoms in total. The van der Waals surface area contributed by atoms with E-state index in [1.165, 1.54) is 0 Å². The number of methoxy groups -OCH3 is 1. The molecule has 0 saturated carbocycles. The Morgan fingerprint density at radius 1 is 1.19 bits per heavy atom. The predicted molar refractivity (Wildman–Crippen MR) is 107 cm³/mol. The Balaban J connectivity index is 1.50. The molecule has 1 aromatic carbocycles. The summed E-state index contributed by atoms with van der Waals surface area (Å²) >= 11 is 3.23. The Kier molecular flexibility index (Phi) is 5.00. The van der Waals surface area contributed by atoms with Gasteiger partial charge in [-0.2, -0.15) is 0 Å². The SMILES string of the molecule is COc1ccccc1-c1nc(CSc2nnc(-c3ccoc3C)n2C)cs1. The molecule has 0 unspecified atom stereocenters. The van der Waals surface area contributed by atoms with E-state index in [0.717, 1.165) is 50.1 Å². The Morgan fingerprint density at radius 2 is 2.04 bits per heavy atom. The van der Waals surface area contributed by atoms with Crippen LogP contribution < -0.4 is 4.74 Å². The van der Waals surface area contributed by atoms with Crippen molar-refractivity contribution >= 4 is 23.1 Å². The number of rotatable bonds is 6. The van der Waals surface area contributed by atoms with Crippen LogP contribution in [0.25, 0.3) is 22.0 Å². The second-order valence-electron chi connectivity index (χ2n) is 5.89. The first-order valence-corrected chi connectivity index (χ1v) is 10.2. The maximum atomic E-state index is 5.43. The number of para-hydroxylation sites is 1. The molecule has 4 rings (SSSR count). The lowest BCUT2D eigenvalue weighted by molar-refractivity contribution is 0.416. The third-order valence-electron chi connectivity index (χ3n) is 4.17. The summed E-state index contributed by atoms with van der Waals surface area (Å²) in [5.74, 6) is 3.20. The van der Waals surface area contributed by atoms with E-state index in [-0.39, 0.29) is 0 Å². The minimum atomic E-state index is 0.724. The molecule has 4 aromatic rings. The molecule has 0 amide bonds. The second kappa shape index (κ2) is 7.58. The zero-order chi connectivity index (χ0) is 18.8. The second-order valence-corrected chi connectivity index (χ2v) is 7.69.